The lowest BCUT2D eigenvalue weighted by atomic mass is 9.93. The van der Waals surface area contributed by atoms with Crippen molar-refractivity contribution in [2.45, 2.75) is 59.1 Å². The predicted molar refractivity (Wildman–Crippen MR) is 65.2 cm³/mol. The van der Waals surface area contributed by atoms with Gasteiger partial charge in [0.05, 0.1) is 12.6 Å². The molecule has 3 nitrogen and oxygen atoms in total. The number of esters is 1. The van der Waals surface area contributed by atoms with E-state index in [0.29, 0.717) is 18.5 Å². The lowest BCUT2D eigenvalue weighted by molar-refractivity contribution is -0.146. The molecule has 94 valence electrons. The normalized spacial score (nSPS) is 29.7. The molecule has 3 heteroatoms. The lowest BCUT2D eigenvalue weighted by Gasteiger charge is -2.20. The van der Waals surface area contributed by atoms with E-state index < -0.39 is 0 Å². The number of carbonyl (C=O) groups excluding carboxylic acids is 1. The summed E-state index contributed by atoms with van der Waals surface area (Å²) in [6.45, 7) is 8.64. The van der Waals surface area contributed by atoms with Gasteiger partial charge in [-0.1, -0.05) is 20.3 Å². The summed E-state index contributed by atoms with van der Waals surface area (Å²) in [6, 6.07) is 0.490. The second kappa shape index (κ2) is 6.24. The van der Waals surface area contributed by atoms with Crippen molar-refractivity contribution in [3.63, 3.8) is 0 Å². The maximum Gasteiger partial charge on any atom is 0.320 e. The van der Waals surface area contributed by atoms with Gasteiger partial charge in [0.2, 0.25) is 0 Å². The number of ether oxygens (including phenoxy) is 1. The van der Waals surface area contributed by atoms with Crippen molar-refractivity contribution in [1.29, 1.82) is 0 Å². The van der Waals surface area contributed by atoms with Crippen molar-refractivity contribution in [3.8, 4) is 0 Å². The summed E-state index contributed by atoms with van der Waals surface area (Å²) in [7, 11) is 0. The summed E-state index contributed by atoms with van der Waals surface area (Å²) in [5, 5.41) is 3.33. The fourth-order valence-electron chi connectivity index (χ4n) is 2.63. The summed E-state index contributed by atoms with van der Waals surface area (Å²) < 4.78 is 5.10. The van der Waals surface area contributed by atoms with Gasteiger partial charge in [0.15, 0.2) is 0 Å². The number of hydrogen-bond donors (Lipinski definition) is 1. The Morgan fingerprint density at radius 3 is 2.62 bits per heavy atom. The van der Waals surface area contributed by atoms with E-state index in [9.17, 15) is 4.79 Å². The average Bonchev–Trinajstić information content (AvgIpc) is 2.55. The van der Waals surface area contributed by atoms with Gasteiger partial charge in [0.1, 0.15) is 0 Å². The van der Waals surface area contributed by atoms with Crippen LogP contribution >= 0.6 is 0 Å². The standard InChI is InChI=1S/C13H25NO2/c1-5-11-6-7-12(10(11)4)14-8-13(15)16-9(2)3/h9-12,14H,5-8H2,1-4H3. The van der Waals surface area contributed by atoms with E-state index in [1.165, 1.54) is 19.3 Å². The van der Waals surface area contributed by atoms with Crippen LogP contribution in [0.4, 0.5) is 0 Å². The first-order valence-corrected chi connectivity index (χ1v) is 6.47. The van der Waals surface area contributed by atoms with Crippen LogP contribution in [0.15, 0.2) is 0 Å². The van der Waals surface area contributed by atoms with Gasteiger partial charge >= 0.3 is 5.97 Å². The first kappa shape index (κ1) is 13.5. The maximum atomic E-state index is 11.4. The monoisotopic (exact) mass is 227 g/mol. The largest absolute Gasteiger partial charge is 0.462 e. The Morgan fingerprint density at radius 2 is 2.12 bits per heavy atom. The topological polar surface area (TPSA) is 38.3 Å². The molecule has 1 aliphatic rings. The van der Waals surface area contributed by atoms with E-state index in [0.717, 1.165) is 5.92 Å². The van der Waals surface area contributed by atoms with E-state index in [4.69, 9.17) is 4.74 Å². The molecule has 16 heavy (non-hydrogen) atoms. The molecule has 3 atom stereocenters. The van der Waals surface area contributed by atoms with Gasteiger partial charge in [-0.05, 0) is 38.5 Å². The van der Waals surface area contributed by atoms with Crippen LogP contribution in [0, 0.1) is 11.8 Å². The number of carbonyl (C=O) groups is 1. The lowest BCUT2D eigenvalue weighted by Crippen LogP contribution is -2.37. The van der Waals surface area contributed by atoms with Crippen LogP contribution in [-0.4, -0.2) is 24.7 Å². The molecule has 0 spiro atoms. The Labute approximate surface area is 98.9 Å². The molecule has 1 fully saturated rings. The minimum atomic E-state index is -0.137. The van der Waals surface area contributed by atoms with Crippen LogP contribution in [0.2, 0.25) is 0 Å². The van der Waals surface area contributed by atoms with Crippen LogP contribution in [0.25, 0.3) is 0 Å². The third-order valence-corrected chi connectivity index (χ3v) is 3.63. The third kappa shape index (κ3) is 3.78. The predicted octanol–water partition coefficient (Wildman–Crippen LogP) is 2.35. The van der Waals surface area contributed by atoms with E-state index in [2.05, 4.69) is 19.2 Å². The van der Waals surface area contributed by atoms with E-state index >= 15 is 0 Å². The molecule has 1 N–H and O–H groups in total. The highest BCUT2D eigenvalue weighted by molar-refractivity contribution is 5.71. The van der Waals surface area contributed by atoms with E-state index in [-0.39, 0.29) is 12.1 Å². The molecule has 0 aromatic heterocycles. The molecule has 0 amide bonds. The molecule has 3 unspecified atom stereocenters. The van der Waals surface area contributed by atoms with Crippen molar-refractivity contribution in [2.24, 2.45) is 11.8 Å². The fourth-order valence-corrected chi connectivity index (χ4v) is 2.63. The zero-order valence-electron chi connectivity index (χ0n) is 11.0. The Hall–Kier alpha value is -0.570. The molecule has 1 aliphatic carbocycles. The van der Waals surface area contributed by atoms with E-state index in [1.54, 1.807) is 0 Å². The Balaban J connectivity index is 2.26. The highest BCUT2D eigenvalue weighted by atomic mass is 16.5. The van der Waals surface area contributed by atoms with Gasteiger partial charge < -0.3 is 10.1 Å². The molecule has 0 aromatic carbocycles. The second-order valence-electron chi connectivity index (χ2n) is 5.13. The van der Waals surface area contributed by atoms with Crippen LogP contribution in [0.5, 0.6) is 0 Å². The van der Waals surface area contributed by atoms with E-state index in [1.807, 2.05) is 13.8 Å². The smallest absolute Gasteiger partial charge is 0.320 e. The molecule has 0 radical (unpaired) electrons. The van der Waals surface area contributed by atoms with Gasteiger partial charge in [-0.3, -0.25) is 4.79 Å². The Kier molecular flexibility index (Phi) is 5.26. The maximum absolute atomic E-state index is 11.4. The van der Waals surface area contributed by atoms with Crippen molar-refractivity contribution < 1.29 is 9.53 Å². The summed E-state index contributed by atoms with van der Waals surface area (Å²) in [5.41, 5.74) is 0. The van der Waals surface area contributed by atoms with Crippen molar-refractivity contribution in [2.75, 3.05) is 6.54 Å². The van der Waals surface area contributed by atoms with Gasteiger partial charge in [-0.2, -0.15) is 0 Å². The first-order chi connectivity index (χ1) is 7.54. The van der Waals surface area contributed by atoms with Gasteiger partial charge in [-0.25, -0.2) is 0 Å². The molecule has 1 rings (SSSR count). The van der Waals surface area contributed by atoms with Crippen LogP contribution < -0.4 is 5.32 Å². The van der Waals surface area contributed by atoms with Gasteiger partial charge in [0, 0.05) is 6.04 Å². The van der Waals surface area contributed by atoms with Crippen molar-refractivity contribution >= 4 is 5.97 Å². The van der Waals surface area contributed by atoms with Crippen LogP contribution in [0.3, 0.4) is 0 Å². The summed E-state index contributed by atoms with van der Waals surface area (Å²) in [5.74, 6) is 1.36. The number of hydrogen-bond acceptors (Lipinski definition) is 3. The molecule has 0 saturated heterocycles. The first-order valence-electron chi connectivity index (χ1n) is 6.47. The highest BCUT2D eigenvalue weighted by Gasteiger charge is 2.31. The average molecular weight is 227 g/mol. The van der Waals surface area contributed by atoms with Crippen molar-refractivity contribution in [3.05, 3.63) is 0 Å². The van der Waals surface area contributed by atoms with Crippen LogP contribution in [-0.2, 0) is 9.53 Å². The quantitative estimate of drug-likeness (QED) is 0.733. The minimum Gasteiger partial charge on any atom is -0.462 e. The van der Waals surface area contributed by atoms with Crippen LogP contribution in [0.1, 0.15) is 47.0 Å². The van der Waals surface area contributed by atoms with Crippen molar-refractivity contribution in [1.82, 2.24) is 5.32 Å². The Bertz CT molecular complexity index is 228. The summed E-state index contributed by atoms with van der Waals surface area (Å²) >= 11 is 0. The minimum absolute atomic E-state index is 0.0151. The molecular weight excluding hydrogens is 202 g/mol. The SMILES string of the molecule is CCC1CCC(NCC(=O)OC(C)C)C1C. The molecule has 0 heterocycles. The third-order valence-electron chi connectivity index (χ3n) is 3.63. The zero-order valence-corrected chi connectivity index (χ0v) is 11.0. The molecule has 0 aromatic rings. The number of nitrogens with one attached hydrogen (secondary N) is 1. The summed E-state index contributed by atoms with van der Waals surface area (Å²) in [6.07, 6.45) is 3.71. The Morgan fingerprint density at radius 1 is 1.44 bits per heavy atom. The fraction of sp³-hybridized carbons (Fsp3) is 0.923. The van der Waals surface area contributed by atoms with Gasteiger partial charge in [-0.15, -0.1) is 0 Å². The second-order valence-corrected chi connectivity index (χ2v) is 5.13. The zero-order chi connectivity index (χ0) is 12.1. The molecule has 1 saturated carbocycles. The molecule has 0 bridgehead atoms. The summed E-state index contributed by atoms with van der Waals surface area (Å²) in [4.78, 5) is 11.4. The molecular formula is C13H25NO2. The highest BCUT2D eigenvalue weighted by Crippen LogP contribution is 2.33. The number of rotatable bonds is 5. The van der Waals surface area contributed by atoms with Gasteiger partial charge in [0.25, 0.3) is 0 Å². The molecule has 0 aliphatic heterocycles.